The second-order valence-corrected chi connectivity index (χ2v) is 4.38. The molecule has 0 heterocycles. The van der Waals surface area contributed by atoms with E-state index in [-0.39, 0.29) is 17.5 Å². The number of ketones is 1. The van der Waals surface area contributed by atoms with Gasteiger partial charge in [-0.1, -0.05) is 37.3 Å². The van der Waals surface area contributed by atoms with Gasteiger partial charge in [0.2, 0.25) is 0 Å². The summed E-state index contributed by atoms with van der Waals surface area (Å²) in [5, 5.41) is 9.89. The van der Waals surface area contributed by atoms with E-state index >= 15 is 0 Å². The lowest BCUT2D eigenvalue weighted by molar-refractivity contribution is 0.0963. The van der Waals surface area contributed by atoms with Crippen LogP contribution >= 0.6 is 0 Å². The zero-order chi connectivity index (χ0) is 13.8. The molecule has 0 aliphatic carbocycles. The summed E-state index contributed by atoms with van der Waals surface area (Å²) >= 11 is 0. The van der Waals surface area contributed by atoms with Crippen LogP contribution in [0.3, 0.4) is 0 Å². The minimum absolute atomic E-state index is 0.0490. The quantitative estimate of drug-likeness (QED) is 0.853. The predicted octanol–water partition coefficient (Wildman–Crippen LogP) is 3.39. The molecular weight excluding hydrogens is 240 g/mol. The standard InChI is InChI=1S/C16H16O3/c1-11(12-6-4-3-5-7-12)16(18)14-9-8-13(19-2)10-15(14)17/h3-11,17H,1-2H3. The van der Waals surface area contributed by atoms with E-state index in [4.69, 9.17) is 4.74 Å². The van der Waals surface area contributed by atoms with E-state index in [1.54, 1.807) is 12.1 Å². The van der Waals surface area contributed by atoms with Crippen LogP contribution in [0.4, 0.5) is 0 Å². The van der Waals surface area contributed by atoms with Crippen LogP contribution in [0.15, 0.2) is 48.5 Å². The molecule has 3 heteroatoms. The Kier molecular flexibility index (Phi) is 3.85. The lowest BCUT2D eigenvalue weighted by Crippen LogP contribution is -2.09. The van der Waals surface area contributed by atoms with Gasteiger partial charge in [-0.15, -0.1) is 0 Å². The molecule has 0 saturated carbocycles. The normalized spacial score (nSPS) is 11.9. The fraction of sp³-hybridized carbons (Fsp3) is 0.188. The Bertz CT molecular complexity index is 576. The zero-order valence-electron chi connectivity index (χ0n) is 11.0. The summed E-state index contributed by atoms with van der Waals surface area (Å²) < 4.78 is 5.00. The number of carbonyl (C=O) groups is 1. The average molecular weight is 256 g/mol. The molecule has 0 amide bonds. The molecule has 1 unspecified atom stereocenters. The smallest absolute Gasteiger partial charge is 0.173 e. The van der Waals surface area contributed by atoms with Crippen LogP contribution in [0.2, 0.25) is 0 Å². The van der Waals surface area contributed by atoms with Gasteiger partial charge in [-0.2, -0.15) is 0 Å². The van der Waals surface area contributed by atoms with Gasteiger partial charge in [0, 0.05) is 12.0 Å². The van der Waals surface area contributed by atoms with Gasteiger partial charge in [-0.05, 0) is 17.7 Å². The molecule has 0 fully saturated rings. The molecule has 0 saturated heterocycles. The Balaban J connectivity index is 2.29. The van der Waals surface area contributed by atoms with E-state index in [0.29, 0.717) is 11.3 Å². The molecule has 0 aromatic heterocycles. The Hall–Kier alpha value is -2.29. The summed E-state index contributed by atoms with van der Waals surface area (Å²) in [6, 6.07) is 14.2. The van der Waals surface area contributed by atoms with Gasteiger partial charge in [0.1, 0.15) is 11.5 Å². The van der Waals surface area contributed by atoms with Crippen molar-refractivity contribution in [2.24, 2.45) is 0 Å². The molecule has 2 rings (SSSR count). The molecule has 0 aliphatic rings. The van der Waals surface area contributed by atoms with Gasteiger partial charge in [-0.25, -0.2) is 0 Å². The molecule has 0 aliphatic heterocycles. The molecule has 0 bridgehead atoms. The van der Waals surface area contributed by atoms with Crippen molar-refractivity contribution in [2.45, 2.75) is 12.8 Å². The minimum Gasteiger partial charge on any atom is -0.507 e. The largest absolute Gasteiger partial charge is 0.507 e. The highest BCUT2D eigenvalue weighted by molar-refractivity contribution is 6.03. The third-order valence-electron chi connectivity index (χ3n) is 3.16. The van der Waals surface area contributed by atoms with Gasteiger partial charge in [-0.3, -0.25) is 4.79 Å². The third kappa shape index (κ3) is 2.76. The number of methoxy groups -OCH3 is 1. The van der Waals surface area contributed by atoms with E-state index < -0.39 is 0 Å². The molecule has 2 aromatic rings. The average Bonchev–Trinajstić information content (AvgIpc) is 2.46. The number of phenolic OH excluding ortho intramolecular Hbond substituents is 1. The third-order valence-corrected chi connectivity index (χ3v) is 3.16. The fourth-order valence-corrected chi connectivity index (χ4v) is 1.97. The fourth-order valence-electron chi connectivity index (χ4n) is 1.97. The van der Waals surface area contributed by atoms with Gasteiger partial charge in [0.25, 0.3) is 0 Å². The molecule has 3 nitrogen and oxygen atoms in total. The van der Waals surface area contributed by atoms with Crippen molar-refractivity contribution in [3.63, 3.8) is 0 Å². The SMILES string of the molecule is COc1ccc(C(=O)C(C)c2ccccc2)c(O)c1. The topological polar surface area (TPSA) is 46.5 Å². The van der Waals surface area contributed by atoms with Crippen LogP contribution in [0.5, 0.6) is 11.5 Å². The maximum atomic E-state index is 12.4. The van der Waals surface area contributed by atoms with E-state index in [0.717, 1.165) is 5.56 Å². The van der Waals surface area contributed by atoms with Gasteiger partial charge in [0.05, 0.1) is 12.7 Å². The number of hydrogen-bond acceptors (Lipinski definition) is 3. The van der Waals surface area contributed by atoms with E-state index in [9.17, 15) is 9.90 Å². The van der Waals surface area contributed by atoms with Crippen LogP contribution < -0.4 is 4.74 Å². The lowest BCUT2D eigenvalue weighted by Gasteiger charge is -2.12. The molecular formula is C16H16O3. The highest BCUT2D eigenvalue weighted by atomic mass is 16.5. The molecule has 0 radical (unpaired) electrons. The first-order chi connectivity index (χ1) is 9.13. The second kappa shape index (κ2) is 5.57. The summed E-state index contributed by atoms with van der Waals surface area (Å²) in [5.41, 5.74) is 1.25. The summed E-state index contributed by atoms with van der Waals surface area (Å²) in [6.45, 7) is 1.83. The molecule has 2 aromatic carbocycles. The Labute approximate surface area is 112 Å². The van der Waals surface area contributed by atoms with E-state index in [1.807, 2.05) is 37.3 Å². The van der Waals surface area contributed by atoms with E-state index in [2.05, 4.69) is 0 Å². The summed E-state index contributed by atoms with van der Waals surface area (Å²) in [4.78, 5) is 12.4. The van der Waals surface area contributed by atoms with Gasteiger partial charge >= 0.3 is 0 Å². The molecule has 1 atom stereocenters. The number of carbonyl (C=O) groups excluding carboxylic acids is 1. The Morgan fingerprint density at radius 1 is 1.16 bits per heavy atom. The number of rotatable bonds is 4. The van der Waals surface area contributed by atoms with Crippen molar-refractivity contribution in [1.29, 1.82) is 0 Å². The number of aromatic hydroxyl groups is 1. The number of Topliss-reactive ketones (excluding diaryl/α,β-unsaturated/α-hetero) is 1. The number of benzene rings is 2. The van der Waals surface area contributed by atoms with Crippen LogP contribution in [0.1, 0.15) is 28.8 Å². The number of hydrogen-bond donors (Lipinski definition) is 1. The highest BCUT2D eigenvalue weighted by Gasteiger charge is 2.20. The van der Waals surface area contributed by atoms with Crippen LogP contribution in [0.25, 0.3) is 0 Å². The molecule has 1 N–H and O–H groups in total. The van der Waals surface area contributed by atoms with Crippen molar-refractivity contribution in [1.82, 2.24) is 0 Å². The zero-order valence-corrected chi connectivity index (χ0v) is 11.0. The molecule has 19 heavy (non-hydrogen) atoms. The first-order valence-corrected chi connectivity index (χ1v) is 6.09. The van der Waals surface area contributed by atoms with E-state index in [1.165, 1.54) is 13.2 Å². The Morgan fingerprint density at radius 3 is 2.42 bits per heavy atom. The maximum absolute atomic E-state index is 12.4. The van der Waals surface area contributed by atoms with Crippen molar-refractivity contribution in [2.75, 3.05) is 7.11 Å². The summed E-state index contributed by atoms with van der Waals surface area (Å²) in [7, 11) is 1.52. The first kappa shape index (κ1) is 13.1. The van der Waals surface area contributed by atoms with Gasteiger partial charge in [0.15, 0.2) is 5.78 Å². The molecule has 0 spiro atoms. The number of ether oxygens (including phenoxy) is 1. The predicted molar refractivity (Wildman–Crippen MR) is 73.8 cm³/mol. The van der Waals surface area contributed by atoms with Crippen molar-refractivity contribution >= 4 is 5.78 Å². The van der Waals surface area contributed by atoms with Crippen molar-refractivity contribution in [3.8, 4) is 11.5 Å². The van der Waals surface area contributed by atoms with Crippen molar-refractivity contribution < 1.29 is 14.6 Å². The van der Waals surface area contributed by atoms with Gasteiger partial charge < -0.3 is 9.84 Å². The molecule has 98 valence electrons. The second-order valence-electron chi connectivity index (χ2n) is 4.38. The maximum Gasteiger partial charge on any atom is 0.173 e. The highest BCUT2D eigenvalue weighted by Crippen LogP contribution is 2.28. The van der Waals surface area contributed by atoms with Crippen LogP contribution in [-0.4, -0.2) is 18.0 Å². The number of phenols is 1. The summed E-state index contributed by atoms with van der Waals surface area (Å²) in [5.74, 6) is 0.0837. The van der Waals surface area contributed by atoms with Crippen molar-refractivity contribution in [3.05, 3.63) is 59.7 Å². The monoisotopic (exact) mass is 256 g/mol. The Morgan fingerprint density at radius 2 is 1.84 bits per heavy atom. The van der Waals surface area contributed by atoms with Crippen LogP contribution in [0, 0.1) is 0 Å². The first-order valence-electron chi connectivity index (χ1n) is 6.09. The minimum atomic E-state index is -0.291. The van der Waals surface area contributed by atoms with Crippen LogP contribution in [-0.2, 0) is 0 Å². The summed E-state index contributed by atoms with van der Waals surface area (Å²) in [6.07, 6.45) is 0. The lowest BCUT2D eigenvalue weighted by atomic mass is 9.92.